The maximum atomic E-state index is 12.4. The van der Waals surface area contributed by atoms with E-state index in [2.05, 4.69) is 24.5 Å². The summed E-state index contributed by atoms with van der Waals surface area (Å²) in [6.07, 6.45) is 0. The first kappa shape index (κ1) is 23.9. The summed E-state index contributed by atoms with van der Waals surface area (Å²) in [5.74, 6) is -0.847. The molecule has 0 aliphatic rings. The molecule has 2 amide bonds. The van der Waals surface area contributed by atoms with E-state index in [1.165, 1.54) is 0 Å². The van der Waals surface area contributed by atoms with Gasteiger partial charge in [-0.25, -0.2) is 4.79 Å². The van der Waals surface area contributed by atoms with Crippen molar-refractivity contribution in [3.05, 3.63) is 60.2 Å². The number of esters is 1. The van der Waals surface area contributed by atoms with E-state index in [0.717, 1.165) is 5.56 Å². The fourth-order valence-corrected chi connectivity index (χ4v) is 2.75. The number of carbonyl (C=O) groups excluding carboxylic acids is 3. The van der Waals surface area contributed by atoms with Gasteiger partial charge in [0.25, 0.3) is 11.8 Å². The second-order valence-corrected chi connectivity index (χ2v) is 7.82. The zero-order valence-corrected chi connectivity index (χ0v) is 18.4. The van der Waals surface area contributed by atoms with Gasteiger partial charge in [0.2, 0.25) is 0 Å². The van der Waals surface area contributed by atoms with Crippen LogP contribution in [0.3, 0.4) is 0 Å². The van der Waals surface area contributed by atoms with E-state index in [1.807, 2.05) is 18.2 Å². The Morgan fingerprint density at radius 1 is 0.839 bits per heavy atom. The van der Waals surface area contributed by atoms with Crippen LogP contribution in [0.2, 0.25) is 0 Å². The molecule has 2 aromatic carbocycles. The van der Waals surface area contributed by atoms with Crippen LogP contribution in [0.25, 0.3) is 0 Å². The van der Waals surface area contributed by atoms with Crippen LogP contribution in [0.5, 0.6) is 5.75 Å². The Morgan fingerprint density at radius 3 is 2.06 bits per heavy atom. The second-order valence-electron chi connectivity index (χ2n) is 7.82. The molecule has 1 atom stereocenters. The van der Waals surface area contributed by atoms with Crippen molar-refractivity contribution in [1.29, 1.82) is 0 Å². The van der Waals surface area contributed by atoms with Crippen molar-refractivity contribution in [1.82, 2.24) is 5.32 Å². The number of ether oxygens (including phenoxy) is 2. The first-order valence-electron chi connectivity index (χ1n) is 10.3. The normalized spacial score (nSPS) is 11.7. The number of carbonyl (C=O) groups is 3. The summed E-state index contributed by atoms with van der Waals surface area (Å²) in [6.45, 7) is 7.06. The van der Waals surface area contributed by atoms with Gasteiger partial charge in [-0.1, -0.05) is 58.0 Å². The summed E-state index contributed by atoms with van der Waals surface area (Å²) < 4.78 is 10.5. The van der Waals surface area contributed by atoms with Crippen LogP contribution in [0.15, 0.2) is 54.6 Å². The summed E-state index contributed by atoms with van der Waals surface area (Å²) in [6, 6.07) is 15.5. The zero-order valence-electron chi connectivity index (χ0n) is 18.4. The maximum absolute atomic E-state index is 12.4. The topological polar surface area (TPSA) is 93.7 Å². The Balaban J connectivity index is 1.81. The van der Waals surface area contributed by atoms with E-state index in [1.54, 1.807) is 50.2 Å². The predicted octanol–water partition coefficient (Wildman–Crippen LogP) is 3.51. The molecule has 0 unspecified atom stereocenters. The largest absolute Gasteiger partial charge is 0.484 e. The molecule has 0 aliphatic carbocycles. The highest BCUT2D eigenvalue weighted by atomic mass is 16.5. The standard InChI is InChI=1S/C24H30N2O5/c1-16(2)18-10-12-19(13-11-18)25-21(27)15-31-24(29)23(17(3)4)26-22(28)14-30-20-8-6-5-7-9-20/h5-13,16-17,23H,14-15H2,1-4H3,(H,25,27)(H,26,28)/t23-/m0/s1. The molecule has 166 valence electrons. The van der Waals surface area contributed by atoms with Crippen molar-refractivity contribution in [3.63, 3.8) is 0 Å². The van der Waals surface area contributed by atoms with E-state index >= 15 is 0 Å². The fraction of sp³-hybridized carbons (Fsp3) is 0.375. The number of benzene rings is 2. The summed E-state index contributed by atoms with van der Waals surface area (Å²) in [4.78, 5) is 36.7. The lowest BCUT2D eigenvalue weighted by Crippen LogP contribution is -2.47. The lowest BCUT2D eigenvalue weighted by molar-refractivity contribution is -0.152. The Morgan fingerprint density at radius 2 is 1.48 bits per heavy atom. The van der Waals surface area contributed by atoms with Crippen molar-refractivity contribution < 1.29 is 23.9 Å². The molecule has 0 heterocycles. The molecule has 2 N–H and O–H groups in total. The van der Waals surface area contributed by atoms with Gasteiger partial charge in [-0.15, -0.1) is 0 Å². The van der Waals surface area contributed by atoms with Crippen molar-refractivity contribution >= 4 is 23.5 Å². The zero-order chi connectivity index (χ0) is 22.8. The molecule has 0 bridgehead atoms. The Hall–Kier alpha value is -3.35. The van der Waals surface area contributed by atoms with Crippen molar-refractivity contribution in [2.45, 2.75) is 39.7 Å². The Kier molecular flexibility index (Phi) is 9.06. The third-order valence-corrected chi connectivity index (χ3v) is 4.56. The average Bonchev–Trinajstić information content (AvgIpc) is 2.75. The van der Waals surface area contributed by atoms with Gasteiger partial charge in [0, 0.05) is 5.69 Å². The first-order valence-corrected chi connectivity index (χ1v) is 10.3. The van der Waals surface area contributed by atoms with Gasteiger partial charge in [-0.05, 0) is 41.7 Å². The van der Waals surface area contributed by atoms with Gasteiger partial charge >= 0.3 is 5.97 Å². The van der Waals surface area contributed by atoms with Crippen LogP contribution in [-0.2, 0) is 19.1 Å². The average molecular weight is 427 g/mol. The molecule has 0 saturated heterocycles. The number of nitrogens with one attached hydrogen (secondary N) is 2. The number of para-hydroxylation sites is 1. The lowest BCUT2D eigenvalue weighted by atomic mass is 10.0. The van der Waals surface area contributed by atoms with Gasteiger partial charge in [-0.3, -0.25) is 9.59 Å². The number of hydrogen-bond acceptors (Lipinski definition) is 5. The quantitative estimate of drug-likeness (QED) is 0.567. The molecule has 0 radical (unpaired) electrons. The molecule has 0 saturated carbocycles. The van der Waals surface area contributed by atoms with E-state index in [0.29, 0.717) is 17.4 Å². The van der Waals surface area contributed by atoms with E-state index in [9.17, 15) is 14.4 Å². The van der Waals surface area contributed by atoms with Crippen LogP contribution in [0, 0.1) is 5.92 Å². The molecule has 7 nitrogen and oxygen atoms in total. The van der Waals surface area contributed by atoms with Gasteiger partial charge in [-0.2, -0.15) is 0 Å². The van der Waals surface area contributed by atoms with Gasteiger partial charge in [0.15, 0.2) is 13.2 Å². The minimum absolute atomic E-state index is 0.222. The van der Waals surface area contributed by atoms with E-state index < -0.39 is 30.4 Å². The van der Waals surface area contributed by atoms with Crippen molar-refractivity contribution in [2.75, 3.05) is 18.5 Å². The molecule has 0 spiro atoms. The molecule has 2 aromatic rings. The fourth-order valence-electron chi connectivity index (χ4n) is 2.75. The molecule has 0 aliphatic heterocycles. The number of anilines is 1. The molecule has 31 heavy (non-hydrogen) atoms. The number of hydrogen-bond donors (Lipinski definition) is 2. The third-order valence-electron chi connectivity index (χ3n) is 4.56. The van der Waals surface area contributed by atoms with Crippen LogP contribution in [0.1, 0.15) is 39.2 Å². The highest BCUT2D eigenvalue weighted by Crippen LogP contribution is 2.17. The highest BCUT2D eigenvalue weighted by Gasteiger charge is 2.26. The Labute approximate surface area is 183 Å². The van der Waals surface area contributed by atoms with E-state index in [-0.39, 0.29) is 12.5 Å². The molecular weight excluding hydrogens is 396 g/mol. The molecule has 0 fully saturated rings. The minimum Gasteiger partial charge on any atom is -0.484 e. The van der Waals surface area contributed by atoms with Gasteiger partial charge in [0.1, 0.15) is 11.8 Å². The summed E-state index contributed by atoms with van der Waals surface area (Å²) in [5.41, 5.74) is 1.79. The smallest absolute Gasteiger partial charge is 0.329 e. The van der Waals surface area contributed by atoms with Crippen LogP contribution < -0.4 is 15.4 Å². The highest BCUT2D eigenvalue weighted by molar-refractivity contribution is 5.93. The van der Waals surface area contributed by atoms with Gasteiger partial charge in [0.05, 0.1) is 0 Å². The molecule has 7 heteroatoms. The second kappa shape index (κ2) is 11.7. The maximum Gasteiger partial charge on any atom is 0.329 e. The van der Waals surface area contributed by atoms with Crippen LogP contribution in [-0.4, -0.2) is 37.0 Å². The van der Waals surface area contributed by atoms with Crippen molar-refractivity contribution in [2.24, 2.45) is 5.92 Å². The summed E-state index contributed by atoms with van der Waals surface area (Å²) in [5, 5.41) is 5.29. The Bertz CT molecular complexity index is 863. The summed E-state index contributed by atoms with van der Waals surface area (Å²) in [7, 11) is 0. The SMILES string of the molecule is CC(C)c1ccc(NC(=O)COC(=O)[C@@H](NC(=O)COc2ccccc2)C(C)C)cc1. The third kappa shape index (κ3) is 8.12. The van der Waals surface area contributed by atoms with Crippen LogP contribution in [0.4, 0.5) is 5.69 Å². The minimum atomic E-state index is -0.884. The van der Waals surface area contributed by atoms with Crippen LogP contribution >= 0.6 is 0 Å². The lowest BCUT2D eigenvalue weighted by Gasteiger charge is -2.20. The number of rotatable bonds is 10. The summed E-state index contributed by atoms with van der Waals surface area (Å²) >= 11 is 0. The van der Waals surface area contributed by atoms with Crippen molar-refractivity contribution in [3.8, 4) is 5.75 Å². The molecule has 2 rings (SSSR count). The van der Waals surface area contributed by atoms with Gasteiger partial charge < -0.3 is 20.1 Å². The number of amides is 2. The molecular formula is C24H30N2O5. The molecule has 0 aromatic heterocycles. The first-order chi connectivity index (χ1) is 14.8. The van der Waals surface area contributed by atoms with E-state index in [4.69, 9.17) is 9.47 Å². The monoisotopic (exact) mass is 426 g/mol. The predicted molar refractivity (Wildman–Crippen MR) is 119 cm³/mol.